The molecule has 1 saturated heterocycles. The van der Waals surface area contributed by atoms with Gasteiger partial charge in [-0.3, -0.25) is 4.68 Å². The number of aromatic nitrogens is 2. The second kappa shape index (κ2) is 3.85. The number of hydrogen-bond acceptors (Lipinski definition) is 3. The van der Waals surface area contributed by atoms with E-state index in [1.807, 2.05) is 23.9 Å². The van der Waals surface area contributed by atoms with Gasteiger partial charge in [0.25, 0.3) is 0 Å². The molecule has 1 aliphatic heterocycles. The maximum Gasteiger partial charge on any atom is 0.150 e. The Labute approximate surface area is 90.5 Å². The quantitative estimate of drug-likeness (QED) is 0.797. The third-order valence-corrected chi connectivity index (χ3v) is 2.95. The van der Waals surface area contributed by atoms with Gasteiger partial charge in [-0.25, -0.2) is 0 Å². The summed E-state index contributed by atoms with van der Waals surface area (Å²) in [5.41, 5.74) is -0.561. The van der Waals surface area contributed by atoms with E-state index >= 15 is 0 Å². The predicted octanol–water partition coefficient (Wildman–Crippen LogP) is 1.25. The molecule has 4 nitrogen and oxygen atoms in total. The summed E-state index contributed by atoms with van der Waals surface area (Å²) < 4.78 is 1.92. The summed E-state index contributed by atoms with van der Waals surface area (Å²) in [6, 6.07) is 2.02. The van der Waals surface area contributed by atoms with E-state index in [0.29, 0.717) is 6.54 Å². The van der Waals surface area contributed by atoms with Crippen molar-refractivity contribution in [2.24, 2.45) is 0 Å². The van der Waals surface area contributed by atoms with Gasteiger partial charge in [0, 0.05) is 31.9 Å². The van der Waals surface area contributed by atoms with Crippen molar-refractivity contribution in [2.75, 3.05) is 18.0 Å². The number of hydrogen-bond donors (Lipinski definition) is 1. The zero-order valence-corrected chi connectivity index (χ0v) is 9.48. The fourth-order valence-electron chi connectivity index (χ4n) is 2.11. The highest BCUT2D eigenvalue weighted by atomic mass is 16.3. The summed E-state index contributed by atoms with van der Waals surface area (Å²) in [6.07, 6.45) is 3.91. The van der Waals surface area contributed by atoms with Crippen LogP contribution in [-0.2, 0) is 6.54 Å². The van der Waals surface area contributed by atoms with Gasteiger partial charge in [-0.15, -0.1) is 0 Å². The van der Waals surface area contributed by atoms with Crippen molar-refractivity contribution in [3.63, 3.8) is 0 Å². The van der Waals surface area contributed by atoms with Crippen LogP contribution < -0.4 is 4.90 Å². The minimum absolute atomic E-state index is 0.561. The van der Waals surface area contributed by atoms with E-state index in [2.05, 4.69) is 16.9 Å². The fourth-order valence-corrected chi connectivity index (χ4v) is 2.11. The van der Waals surface area contributed by atoms with Crippen LogP contribution in [0.25, 0.3) is 0 Å². The van der Waals surface area contributed by atoms with E-state index in [0.717, 1.165) is 31.7 Å². The lowest BCUT2D eigenvalue weighted by Gasteiger charge is -2.36. The molecule has 0 bridgehead atoms. The Morgan fingerprint density at radius 2 is 2.40 bits per heavy atom. The summed E-state index contributed by atoms with van der Waals surface area (Å²) in [6.45, 7) is 6.55. The van der Waals surface area contributed by atoms with Gasteiger partial charge in [-0.1, -0.05) is 0 Å². The molecule has 84 valence electrons. The first-order valence-corrected chi connectivity index (χ1v) is 5.61. The first-order chi connectivity index (χ1) is 7.11. The molecule has 1 fully saturated rings. The summed E-state index contributed by atoms with van der Waals surface area (Å²) in [4.78, 5) is 2.16. The van der Waals surface area contributed by atoms with Gasteiger partial charge >= 0.3 is 0 Å². The minimum atomic E-state index is -0.561. The highest BCUT2D eigenvalue weighted by Crippen LogP contribution is 2.24. The number of nitrogens with zero attached hydrogens (tertiary/aromatic N) is 3. The lowest BCUT2D eigenvalue weighted by Crippen LogP contribution is -2.46. The molecule has 1 aromatic heterocycles. The molecule has 1 aromatic rings. The number of piperidine rings is 1. The molecular formula is C11H19N3O. The topological polar surface area (TPSA) is 41.3 Å². The van der Waals surface area contributed by atoms with E-state index in [1.165, 1.54) is 0 Å². The van der Waals surface area contributed by atoms with E-state index < -0.39 is 5.60 Å². The van der Waals surface area contributed by atoms with E-state index in [4.69, 9.17) is 0 Å². The summed E-state index contributed by atoms with van der Waals surface area (Å²) in [7, 11) is 0. The zero-order valence-electron chi connectivity index (χ0n) is 9.48. The van der Waals surface area contributed by atoms with Crippen molar-refractivity contribution < 1.29 is 5.11 Å². The Hall–Kier alpha value is -1.03. The smallest absolute Gasteiger partial charge is 0.150 e. The van der Waals surface area contributed by atoms with Crippen LogP contribution in [0.5, 0.6) is 0 Å². The van der Waals surface area contributed by atoms with Crippen LogP contribution in [0.1, 0.15) is 26.7 Å². The molecule has 1 N–H and O–H groups in total. The molecule has 15 heavy (non-hydrogen) atoms. The Morgan fingerprint density at radius 1 is 1.60 bits per heavy atom. The molecule has 0 aliphatic carbocycles. The molecule has 1 atom stereocenters. The first kappa shape index (κ1) is 10.5. The van der Waals surface area contributed by atoms with Crippen LogP contribution >= 0.6 is 0 Å². The van der Waals surface area contributed by atoms with Crippen molar-refractivity contribution in [1.29, 1.82) is 0 Å². The number of β-amino-alcohol motifs (C(OH)–C–C–N with tert-alkyl or cyclic N) is 1. The van der Waals surface area contributed by atoms with Gasteiger partial charge in [0.15, 0.2) is 5.82 Å². The van der Waals surface area contributed by atoms with Crippen LogP contribution in [0.4, 0.5) is 5.82 Å². The minimum Gasteiger partial charge on any atom is -0.388 e. The normalized spacial score (nSPS) is 27.0. The predicted molar refractivity (Wildman–Crippen MR) is 60.0 cm³/mol. The molecule has 4 heteroatoms. The molecule has 0 aromatic carbocycles. The van der Waals surface area contributed by atoms with Gasteiger partial charge < -0.3 is 10.0 Å². The van der Waals surface area contributed by atoms with Gasteiger partial charge in [0.2, 0.25) is 0 Å². The van der Waals surface area contributed by atoms with Crippen LogP contribution in [0.15, 0.2) is 12.3 Å². The SMILES string of the molecule is CCn1ccc(N2CCC[C@@](C)(O)C2)n1. The monoisotopic (exact) mass is 209 g/mol. The summed E-state index contributed by atoms with van der Waals surface area (Å²) in [5.74, 6) is 0.983. The lowest BCUT2D eigenvalue weighted by molar-refractivity contribution is 0.0447. The van der Waals surface area contributed by atoms with E-state index in [1.54, 1.807) is 0 Å². The maximum atomic E-state index is 9.99. The summed E-state index contributed by atoms with van der Waals surface area (Å²) in [5, 5.41) is 14.4. The van der Waals surface area contributed by atoms with Gasteiger partial charge in [0.1, 0.15) is 0 Å². The standard InChI is InChI=1S/C11H19N3O/c1-3-14-8-5-10(12-14)13-7-4-6-11(2,15)9-13/h5,8,15H,3-4,6-7,9H2,1-2H3/t11-/m1/s1. The lowest BCUT2D eigenvalue weighted by atomic mass is 9.95. The molecule has 2 heterocycles. The third-order valence-electron chi connectivity index (χ3n) is 2.95. The highest BCUT2D eigenvalue weighted by Gasteiger charge is 2.29. The molecule has 0 spiro atoms. The van der Waals surface area contributed by atoms with Crippen molar-refractivity contribution in [2.45, 2.75) is 38.8 Å². The largest absolute Gasteiger partial charge is 0.388 e. The zero-order chi connectivity index (χ0) is 10.9. The van der Waals surface area contributed by atoms with Crippen LogP contribution in [0.3, 0.4) is 0 Å². The number of anilines is 1. The van der Waals surface area contributed by atoms with Crippen molar-refractivity contribution in [3.05, 3.63) is 12.3 Å². The average molecular weight is 209 g/mol. The summed E-state index contributed by atoms with van der Waals surface area (Å²) >= 11 is 0. The van der Waals surface area contributed by atoms with Crippen molar-refractivity contribution in [1.82, 2.24) is 9.78 Å². The Balaban J connectivity index is 2.10. The number of aryl methyl sites for hydroxylation is 1. The Morgan fingerprint density at radius 3 is 3.00 bits per heavy atom. The molecule has 0 saturated carbocycles. The van der Waals surface area contributed by atoms with E-state index in [-0.39, 0.29) is 0 Å². The maximum absolute atomic E-state index is 9.99. The third kappa shape index (κ3) is 2.31. The molecule has 0 unspecified atom stereocenters. The first-order valence-electron chi connectivity index (χ1n) is 5.61. The molecule has 1 aliphatic rings. The Kier molecular flexibility index (Phi) is 2.69. The van der Waals surface area contributed by atoms with Gasteiger partial charge in [-0.05, 0) is 26.7 Å². The second-order valence-corrected chi connectivity index (χ2v) is 4.55. The average Bonchev–Trinajstić information content (AvgIpc) is 2.64. The molecular weight excluding hydrogens is 190 g/mol. The van der Waals surface area contributed by atoms with Crippen LogP contribution in [-0.4, -0.2) is 33.6 Å². The molecule has 0 radical (unpaired) electrons. The van der Waals surface area contributed by atoms with E-state index in [9.17, 15) is 5.11 Å². The van der Waals surface area contributed by atoms with Crippen molar-refractivity contribution >= 4 is 5.82 Å². The van der Waals surface area contributed by atoms with Crippen molar-refractivity contribution in [3.8, 4) is 0 Å². The van der Waals surface area contributed by atoms with Crippen LogP contribution in [0.2, 0.25) is 0 Å². The van der Waals surface area contributed by atoms with Gasteiger partial charge in [0.05, 0.1) is 5.60 Å². The van der Waals surface area contributed by atoms with Crippen LogP contribution in [0, 0.1) is 0 Å². The highest BCUT2D eigenvalue weighted by molar-refractivity contribution is 5.38. The molecule has 0 amide bonds. The Bertz CT molecular complexity index is 332. The number of aliphatic hydroxyl groups is 1. The second-order valence-electron chi connectivity index (χ2n) is 4.55. The van der Waals surface area contributed by atoms with Gasteiger partial charge in [-0.2, -0.15) is 5.10 Å². The fraction of sp³-hybridized carbons (Fsp3) is 0.727. The molecule has 2 rings (SSSR count). The number of rotatable bonds is 2.